The van der Waals surface area contributed by atoms with Crippen molar-refractivity contribution in [1.82, 2.24) is 4.57 Å². The van der Waals surface area contributed by atoms with Gasteiger partial charge in [0.05, 0.1) is 16.3 Å². The fourth-order valence-corrected chi connectivity index (χ4v) is 5.21. The van der Waals surface area contributed by atoms with Crippen molar-refractivity contribution in [1.29, 1.82) is 0 Å². The Labute approximate surface area is 169 Å². The molecule has 1 aromatic carbocycles. The smallest absolute Gasteiger partial charge is 0.272 e. The highest BCUT2D eigenvalue weighted by Gasteiger charge is 2.46. The third kappa shape index (κ3) is 4.28. The standard InChI is InChI=1S/C18H17ClF4N2O3S/c1-25-8-11(29(27,28)9-10-3-2-6-18(10,22)23)7-14(25)17(26)24-13-5-4-12(20)15(19)16(13)21/h4-5,7-8,10H,2-3,6,9H2,1H3,(H,24,26). The summed E-state index contributed by atoms with van der Waals surface area (Å²) >= 11 is 5.46. The summed E-state index contributed by atoms with van der Waals surface area (Å²) in [7, 11) is -2.69. The number of halogens is 5. The van der Waals surface area contributed by atoms with Gasteiger partial charge in [-0.3, -0.25) is 4.79 Å². The lowest BCUT2D eigenvalue weighted by Gasteiger charge is -2.18. The molecule has 1 heterocycles. The molecule has 11 heteroatoms. The summed E-state index contributed by atoms with van der Waals surface area (Å²) < 4.78 is 81.1. The van der Waals surface area contributed by atoms with Crippen LogP contribution in [-0.4, -0.2) is 30.6 Å². The van der Waals surface area contributed by atoms with Gasteiger partial charge >= 0.3 is 0 Å². The lowest BCUT2D eigenvalue weighted by atomic mass is 10.1. The summed E-state index contributed by atoms with van der Waals surface area (Å²) in [6.07, 6.45) is 1.14. The molecule has 5 nitrogen and oxygen atoms in total. The summed E-state index contributed by atoms with van der Waals surface area (Å²) in [6.45, 7) is 0. The number of carbonyl (C=O) groups is 1. The van der Waals surface area contributed by atoms with Gasteiger partial charge in [0.25, 0.3) is 11.8 Å². The zero-order valence-corrected chi connectivity index (χ0v) is 16.8. The summed E-state index contributed by atoms with van der Waals surface area (Å²) in [5.74, 6) is -8.10. The summed E-state index contributed by atoms with van der Waals surface area (Å²) in [5.41, 5.74) is -0.542. The Morgan fingerprint density at radius 1 is 1.34 bits per heavy atom. The number of anilines is 1. The van der Waals surface area contributed by atoms with Crippen molar-refractivity contribution in [2.24, 2.45) is 13.0 Å². The second kappa shape index (κ2) is 7.64. The van der Waals surface area contributed by atoms with Gasteiger partial charge in [0.1, 0.15) is 16.5 Å². The second-order valence-corrected chi connectivity index (χ2v) is 9.39. The van der Waals surface area contributed by atoms with Gasteiger partial charge < -0.3 is 9.88 Å². The van der Waals surface area contributed by atoms with E-state index in [0.29, 0.717) is 0 Å². The van der Waals surface area contributed by atoms with Crippen LogP contribution < -0.4 is 5.32 Å². The molecule has 1 amide bonds. The van der Waals surface area contributed by atoms with Crippen molar-refractivity contribution in [3.8, 4) is 0 Å². The molecule has 1 fully saturated rings. The molecule has 1 aliphatic rings. The van der Waals surface area contributed by atoms with Gasteiger partial charge in [-0.25, -0.2) is 26.0 Å². The van der Waals surface area contributed by atoms with Gasteiger partial charge in [-0.1, -0.05) is 11.6 Å². The van der Waals surface area contributed by atoms with E-state index >= 15 is 0 Å². The molecule has 29 heavy (non-hydrogen) atoms. The van der Waals surface area contributed by atoms with Crippen LogP contribution in [0.4, 0.5) is 23.2 Å². The molecule has 1 N–H and O–H groups in total. The Balaban J connectivity index is 1.83. The number of sulfone groups is 1. The van der Waals surface area contributed by atoms with Crippen LogP contribution in [0, 0.1) is 17.6 Å². The molecule has 158 valence electrons. The van der Waals surface area contributed by atoms with Gasteiger partial charge in [0.2, 0.25) is 0 Å². The fraction of sp³-hybridized carbons (Fsp3) is 0.389. The molecule has 0 bridgehead atoms. The maximum absolute atomic E-state index is 14.0. The minimum Gasteiger partial charge on any atom is -0.345 e. The van der Waals surface area contributed by atoms with Crippen LogP contribution in [-0.2, 0) is 16.9 Å². The Bertz CT molecular complexity index is 1070. The van der Waals surface area contributed by atoms with Gasteiger partial charge in [0.15, 0.2) is 15.7 Å². The van der Waals surface area contributed by atoms with Crippen molar-refractivity contribution in [3.63, 3.8) is 0 Å². The number of aryl methyl sites for hydroxylation is 1. The molecule has 0 spiro atoms. The van der Waals surface area contributed by atoms with Crippen LogP contribution in [0.25, 0.3) is 0 Å². The number of nitrogens with zero attached hydrogens (tertiary/aromatic N) is 1. The highest BCUT2D eigenvalue weighted by molar-refractivity contribution is 7.91. The Morgan fingerprint density at radius 2 is 2.03 bits per heavy atom. The van der Waals surface area contributed by atoms with Crippen LogP contribution in [0.3, 0.4) is 0 Å². The topological polar surface area (TPSA) is 68.2 Å². The minimum absolute atomic E-state index is 0.108. The van der Waals surface area contributed by atoms with E-state index < -0.39 is 55.7 Å². The van der Waals surface area contributed by atoms with Crippen molar-refractivity contribution >= 4 is 33.0 Å². The number of carbonyl (C=O) groups excluding carboxylic acids is 1. The normalized spacial score (nSPS) is 18.8. The number of amides is 1. The molecule has 2 aromatic rings. The van der Waals surface area contributed by atoms with Crippen molar-refractivity contribution < 1.29 is 30.8 Å². The van der Waals surface area contributed by atoms with E-state index in [-0.39, 0.29) is 29.9 Å². The average Bonchev–Trinajstić information content (AvgIpc) is 3.18. The van der Waals surface area contributed by atoms with Crippen molar-refractivity contribution in [2.45, 2.75) is 30.1 Å². The Morgan fingerprint density at radius 3 is 2.66 bits per heavy atom. The number of benzene rings is 1. The quantitative estimate of drug-likeness (QED) is 0.539. The molecule has 1 aliphatic carbocycles. The summed E-state index contributed by atoms with van der Waals surface area (Å²) in [5, 5.41) is 1.39. The van der Waals surface area contributed by atoms with Crippen molar-refractivity contribution in [3.05, 3.63) is 46.7 Å². The largest absolute Gasteiger partial charge is 0.345 e. The van der Waals surface area contributed by atoms with E-state index in [1.807, 2.05) is 0 Å². The van der Waals surface area contributed by atoms with E-state index in [1.165, 1.54) is 11.6 Å². The number of hydrogen-bond donors (Lipinski definition) is 1. The maximum Gasteiger partial charge on any atom is 0.272 e. The van der Waals surface area contributed by atoms with Crippen LogP contribution in [0.15, 0.2) is 29.3 Å². The van der Waals surface area contributed by atoms with E-state index in [2.05, 4.69) is 5.32 Å². The zero-order chi connectivity index (χ0) is 21.6. The minimum atomic E-state index is -4.07. The predicted molar refractivity (Wildman–Crippen MR) is 99.1 cm³/mol. The van der Waals surface area contributed by atoms with Crippen LogP contribution in [0.2, 0.25) is 5.02 Å². The molecule has 1 unspecified atom stereocenters. The van der Waals surface area contributed by atoms with E-state index in [1.54, 1.807) is 0 Å². The molecular weight excluding hydrogens is 436 g/mol. The highest BCUT2D eigenvalue weighted by Crippen LogP contribution is 2.41. The third-order valence-electron chi connectivity index (χ3n) is 4.94. The second-order valence-electron chi connectivity index (χ2n) is 6.98. The highest BCUT2D eigenvalue weighted by atomic mass is 35.5. The number of alkyl halides is 2. The fourth-order valence-electron chi connectivity index (χ4n) is 3.30. The van der Waals surface area contributed by atoms with Crippen LogP contribution in [0.1, 0.15) is 29.8 Å². The van der Waals surface area contributed by atoms with Crippen molar-refractivity contribution in [2.75, 3.05) is 11.1 Å². The molecule has 0 saturated heterocycles. The molecule has 1 saturated carbocycles. The molecule has 0 radical (unpaired) electrons. The zero-order valence-electron chi connectivity index (χ0n) is 15.2. The first-order valence-electron chi connectivity index (χ1n) is 8.64. The SMILES string of the molecule is Cn1cc(S(=O)(=O)CC2CCCC2(F)F)cc1C(=O)Nc1ccc(F)c(Cl)c1F. The van der Waals surface area contributed by atoms with Gasteiger partial charge in [-0.05, 0) is 31.0 Å². The Kier molecular flexibility index (Phi) is 5.70. The number of hydrogen-bond acceptors (Lipinski definition) is 3. The Hall–Kier alpha value is -2.07. The molecule has 1 atom stereocenters. The molecule has 0 aliphatic heterocycles. The maximum atomic E-state index is 14.0. The number of aromatic nitrogens is 1. The average molecular weight is 453 g/mol. The van der Waals surface area contributed by atoms with E-state index in [0.717, 1.165) is 24.4 Å². The molecule has 3 rings (SSSR count). The van der Waals surface area contributed by atoms with Crippen LogP contribution >= 0.6 is 11.6 Å². The van der Waals surface area contributed by atoms with Gasteiger partial charge in [0, 0.05) is 25.6 Å². The summed E-state index contributed by atoms with van der Waals surface area (Å²) in [4.78, 5) is 12.1. The van der Waals surface area contributed by atoms with E-state index in [9.17, 15) is 30.8 Å². The number of rotatable bonds is 5. The van der Waals surface area contributed by atoms with Gasteiger partial charge in [-0.15, -0.1) is 0 Å². The first kappa shape index (κ1) is 21.6. The van der Waals surface area contributed by atoms with Crippen LogP contribution in [0.5, 0.6) is 0 Å². The van der Waals surface area contributed by atoms with Gasteiger partial charge in [-0.2, -0.15) is 0 Å². The lowest BCUT2D eigenvalue weighted by Crippen LogP contribution is -2.28. The first-order chi connectivity index (χ1) is 13.4. The lowest BCUT2D eigenvalue weighted by molar-refractivity contribution is -0.0287. The number of nitrogens with one attached hydrogen (secondary N) is 1. The summed E-state index contributed by atoms with van der Waals surface area (Å²) in [6, 6.07) is 2.86. The molecule has 1 aromatic heterocycles. The molecular formula is C18H17ClF4N2O3S. The van der Waals surface area contributed by atoms with E-state index in [4.69, 9.17) is 11.6 Å². The third-order valence-corrected chi connectivity index (χ3v) is 7.06. The predicted octanol–water partition coefficient (Wildman–Crippen LogP) is 4.42. The first-order valence-corrected chi connectivity index (χ1v) is 10.7. The monoisotopic (exact) mass is 452 g/mol.